The SMILES string of the molecule is COc1ncc(C2(O)CCN(C(=O)c3ccn[nH]3)CC2)c(OC)n1. The lowest BCUT2D eigenvalue weighted by Gasteiger charge is -2.38. The number of carbonyl (C=O) groups is 1. The molecule has 2 aromatic heterocycles. The van der Waals surface area contributed by atoms with Crippen LogP contribution in [0.4, 0.5) is 0 Å². The zero-order chi connectivity index (χ0) is 17.2. The summed E-state index contributed by atoms with van der Waals surface area (Å²) in [5.41, 5.74) is -0.215. The number of nitrogens with zero attached hydrogens (tertiary/aromatic N) is 4. The van der Waals surface area contributed by atoms with Gasteiger partial charge in [-0.3, -0.25) is 9.89 Å². The Hall–Kier alpha value is -2.68. The van der Waals surface area contributed by atoms with E-state index in [1.165, 1.54) is 26.6 Å². The highest BCUT2D eigenvalue weighted by molar-refractivity contribution is 5.92. The average Bonchev–Trinajstić information content (AvgIpc) is 3.15. The fraction of sp³-hybridized carbons (Fsp3) is 0.467. The predicted octanol–water partition coefficient (Wildman–Crippen LogP) is 0.341. The first-order valence-corrected chi connectivity index (χ1v) is 7.54. The van der Waals surface area contributed by atoms with Gasteiger partial charge in [-0.2, -0.15) is 10.1 Å². The minimum absolute atomic E-state index is 0.132. The zero-order valence-electron chi connectivity index (χ0n) is 13.5. The molecule has 0 atom stereocenters. The van der Waals surface area contributed by atoms with E-state index in [0.717, 1.165) is 0 Å². The van der Waals surface area contributed by atoms with E-state index in [2.05, 4.69) is 20.2 Å². The van der Waals surface area contributed by atoms with Gasteiger partial charge in [-0.05, 0) is 18.9 Å². The molecule has 24 heavy (non-hydrogen) atoms. The van der Waals surface area contributed by atoms with E-state index in [-0.39, 0.29) is 17.8 Å². The van der Waals surface area contributed by atoms with Gasteiger partial charge >= 0.3 is 6.01 Å². The number of hydrogen-bond acceptors (Lipinski definition) is 7. The van der Waals surface area contributed by atoms with Crippen molar-refractivity contribution in [3.05, 3.63) is 29.7 Å². The molecule has 1 saturated heterocycles. The average molecular weight is 333 g/mol. The number of aromatic amines is 1. The molecule has 1 fully saturated rings. The number of hydrogen-bond donors (Lipinski definition) is 2. The molecule has 0 aromatic carbocycles. The second-order valence-electron chi connectivity index (χ2n) is 5.57. The van der Waals surface area contributed by atoms with Crippen LogP contribution in [-0.2, 0) is 5.60 Å². The molecule has 0 aliphatic carbocycles. The maximum atomic E-state index is 12.3. The van der Waals surface area contributed by atoms with Gasteiger partial charge in [0, 0.05) is 25.5 Å². The first kappa shape index (κ1) is 16.2. The molecule has 2 aromatic rings. The summed E-state index contributed by atoms with van der Waals surface area (Å²) < 4.78 is 10.2. The van der Waals surface area contributed by atoms with Crippen LogP contribution in [0.3, 0.4) is 0 Å². The van der Waals surface area contributed by atoms with E-state index >= 15 is 0 Å². The monoisotopic (exact) mass is 333 g/mol. The number of amides is 1. The number of ether oxygens (including phenoxy) is 2. The molecule has 0 saturated carbocycles. The Labute approximate surface area is 138 Å². The van der Waals surface area contributed by atoms with Crippen LogP contribution >= 0.6 is 0 Å². The third-order valence-electron chi connectivity index (χ3n) is 4.22. The van der Waals surface area contributed by atoms with E-state index in [1.807, 2.05) is 0 Å². The third-order valence-corrected chi connectivity index (χ3v) is 4.22. The molecule has 128 valence electrons. The fourth-order valence-corrected chi connectivity index (χ4v) is 2.82. The maximum Gasteiger partial charge on any atom is 0.319 e. The number of likely N-dealkylation sites (tertiary alicyclic amines) is 1. The van der Waals surface area contributed by atoms with Crippen LogP contribution < -0.4 is 9.47 Å². The first-order valence-electron chi connectivity index (χ1n) is 7.54. The Balaban J connectivity index is 1.76. The largest absolute Gasteiger partial charge is 0.481 e. The molecular weight excluding hydrogens is 314 g/mol. The summed E-state index contributed by atoms with van der Waals surface area (Å²) in [6, 6.07) is 1.80. The number of carbonyl (C=O) groups excluding carboxylic acids is 1. The Kier molecular flexibility index (Phi) is 4.34. The van der Waals surface area contributed by atoms with Crippen molar-refractivity contribution in [3.8, 4) is 11.9 Å². The van der Waals surface area contributed by atoms with Crippen LogP contribution in [0.1, 0.15) is 28.9 Å². The van der Waals surface area contributed by atoms with Gasteiger partial charge in [-0.25, -0.2) is 4.98 Å². The second-order valence-corrected chi connectivity index (χ2v) is 5.57. The number of nitrogens with one attached hydrogen (secondary N) is 1. The highest BCUT2D eigenvalue weighted by atomic mass is 16.5. The van der Waals surface area contributed by atoms with Gasteiger partial charge in [0.2, 0.25) is 5.88 Å². The lowest BCUT2D eigenvalue weighted by Crippen LogP contribution is -2.45. The van der Waals surface area contributed by atoms with Gasteiger partial charge in [-0.15, -0.1) is 0 Å². The van der Waals surface area contributed by atoms with Crippen LogP contribution in [0.2, 0.25) is 0 Å². The number of piperidine rings is 1. The molecular formula is C15H19N5O4. The smallest absolute Gasteiger partial charge is 0.319 e. The van der Waals surface area contributed by atoms with Gasteiger partial charge in [0.05, 0.1) is 25.4 Å². The van der Waals surface area contributed by atoms with Crippen LogP contribution in [-0.4, -0.2) is 63.4 Å². The number of H-pyrrole nitrogens is 1. The summed E-state index contributed by atoms with van der Waals surface area (Å²) >= 11 is 0. The van der Waals surface area contributed by atoms with Crippen molar-refractivity contribution in [1.82, 2.24) is 25.1 Å². The summed E-state index contributed by atoms with van der Waals surface area (Å²) in [6.07, 6.45) is 3.77. The van der Waals surface area contributed by atoms with Crippen molar-refractivity contribution in [2.75, 3.05) is 27.3 Å². The van der Waals surface area contributed by atoms with Gasteiger partial charge in [0.25, 0.3) is 5.91 Å². The summed E-state index contributed by atoms with van der Waals surface area (Å²) in [5, 5.41) is 17.4. The predicted molar refractivity (Wildman–Crippen MR) is 82.8 cm³/mol. The highest BCUT2D eigenvalue weighted by Crippen LogP contribution is 2.37. The van der Waals surface area contributed by atoms with Crippen molar-refractivity contribution in [2.24, 2.45) is 0 Å². The zero-order valence-corrected chi connectivity index (χ0v) is 13.5. The number of rotatable bonds is 4. The topological polar surface area (TPSA) is 113 Å². The lowest BCUT2D eigenvalue weighted by molar-refractivity contribution is -0.0235. The summed E-state index contributed by atoms with van der Waals surface area (Å²) in [4.78, 5) is 22.2. The lowest BCUT2D eigenvalue weighted by atomic mass is 9.85. The van der Waals surface area contributed by atoms with E-state index in [1.54, 1.807) is 11.0 Å². The van der Waals surface area contributed by atoms with Gasteiger partial charge in [-0.1, -0.05) is 0 Å². The Morgan fingerprint density at radius 1 is 1.33 bits per heavy atom. The van der Waals surface area contributed by atoms with E-state index in [9.17, 15) is 9.90 Å². The van der Waals surface area contributed by atoms with Crippen LogP contribution in [0.15, 0.2) is 18.5 Å². The summed E-state index contributed by atoms with van der Waals surface area (Å²) in [5.74, 6) is 0.144. The molecule has 3 heterocycles. The van der Waals surface area contributed by atoms with Gasteiger partial charge in [0.15, 0.2) is 0 Å². The number of aromatic nitrogens is 4. The number of methoxy groups -OCH3 is 2. The van der Waals surface area contributed by atoms with Crippen LogP contribution in [0, 0.1) is 0 Å². The molecule has 0 bridgehead atoms. The molecule has 9 nitrogen and oxygen atoms in total. The van der Waals surface area contributed by atoms with E-state index in [4.69, 9.17) is 9.47 Å². The third kappa shape index (κ3) is 2.90. The quantitative estimate of drug-likeness (QED) is 0.829. The second kappa shape index (κ2) is 6.44. The van der Waals surface area contributed by atoms with Crippen molar-refractivity contribution < 1.29 is 19.4 Å². The molecule has 1 amide bonds. The fourth-order valence-electron chi connectivity index (χ4n) is 2.82. The standard InChI is InChI=1S/C15H19N5O4/c1-23-12-10(9-16-14(18-12)24-2)15(22)4-7-20(8-5-15)13(21)11-3-6-17-19-11/h3,6,9,22H,4-5,7-8H2,1-2H3,(H,17,19). The summed E-state index contributed by atoms with van der Waals surface area (Å²) in [7, 11) is 2.94. The van der Waals surface area contributed by atoms with Crippen molar-refractivity contribution in [3.63, 3.8) is 0 Å². The van der Waals surface area contributed by atoms with Gasteiger partial charge in [0.1, 0.15) is 5.69 Å². The van der Waals surface area contributed by atoms with Crippen LogP contribution in [0.5, 0.6) is 11.9 Å². The minimum atomic E-state index is -1.15. The molecule has 0 unspecified atom stereocenters. The molecule has 9 heteroatoms. The van der Waals surface area contributed by atoms with Gasteiger partial charge < -0.3 is 19.5 Å². The van der Waals surface area contributed by atoms with E-state index in [0.29, 0.717) is 37.2 Å². The number of aliphatic hydroxyl groups is 1. The maximum absolute atomic E-state index is 12.3. The Bertz CT molecular complexity index is 711. The molecule has 3 rings (SSSR count). The normalized spacial score (nSPS) is 16.7. The first-order chi connectivity index (χ1) is 11.6. The molecule has 1 aliphatic heterocycles. The molecule has 1 aliphatic rings. The minimum Gasteiger partial charge on any atom is -0.481 e. The Morgan fingerprint density at radius 2 is 2.08 bits per heavy atom. The van der Waals surface area contributed by atoms with Crippen molar-refractivity contribution >= 4 is 5.91 Å². The molecule has 2 N–H and O–H groups in total. The van der Waals surface area contributed by atoms with E-state index < -0.39 is 5.60 Å². The summed E-state index contributed by atoms with van der Waals surface area (Å²) in [6.45, 7) is 0.813. The molecule has 0 spiro atoms. The van der Waals surface area contributed by atoms with Crippen LogP contribution in [0.25, 0.3) is 0 Å². The Morgan fingerprint density at radius 3 is 2.67 bits per heavy atom. The van der Waals surface area contributed by atoms with Crippen molar-refractivity contribution in [1.29, 1.82) is 0 Å². The highest BCUT2D eigenvalue weighted by Gasteiger charge is 2.39. The molecule has 0 radical (unpaired) electrons. The van der Waals surface area contributed by atoms with Crippen molar-refractivity contribution in [2.45, 2.75) is 18.4 Å².